The third-order valence-corrected chi connectivity index (χ3v) is 3.75. The number of benzene rings is 1. The summed E-state index contributed by atoms with van der Waals surface area (Å²) in [5.74, 6) is -1.38. The average Bonchev–Trinajstić information content (AvgIpc) is 2.48. The van der Waals surface area contributed by atoms with E-state index in [1.807, 2.05) is 6.07 Å². The van der Waals surface area contributed by atoms with Gasteiger partial charge < -0.3 is 10.4 Å². The number of rotatable bonds is 3. The zero-order valence-corrected chi connectivity index (χ0v) is 11.1. The number of carbonyl (C=O) groups is 2. The van der Waals surface area contributed by atoms with Gasteiger partial charge in [-0.25, -0.2) is 4.79 Å². The molecule has 0 saturated heterocycles. The maximum atomic E-state index is 12.2. The van der Waals surface area contributed by atoms with Crippen LogP contribution in [0.1, 0.15) is 48.0 Å². The summed E-state index contributed by atoms with van der Waals surface area (Å²) in [4.78, 5) is 23.7. The number of aliphatic carboxylic acids is 1. The van der Waals surface area contributed by atoms with E-state index in [0.717, 1.165) is 19.3 Å². The van der Waals surface area contributed by atoms with Crippen molar-refractivity contribution in [1.29, 1.82) is 5.26 Å². The second-order valence-corrected chi connectivity index (χ2v) is 5.09. The molecule has 1 aromatic rings. The lowest BCUT2D eigenvalue weighted by Gasteiger charge is -2.33. The van der Waals surface area contributed by atoms with Crippen LogP contribution in [0.3, 0.4) is 0 Å². The van der Waals surface area contributed by atoms with Crippen LogP contribution >= 0.6 is 0 Å². The van der Waals surface area contributed by atoms with Crippen LogP contribution < -0.4 is 5.32 Å². The van der Waals surface area contributed by atoms with E-state index in [1.54, 1.807) is 12.1 Å². The van der Waals surface area contributed by atoms with Gasteiger partial charge in [-0.2, -0.15) is 5.26 Å². The molecule has 0 unspecified atom stereocenters. The Morgan fingerprint density at radius 1 is 1.15 bits per heavy atom. The first-order chi connectivity index (χ1) is 9.57. The van der Waals surface area contributed by atoms with E-state index in [9.17, 15) is 14.7 Å². The minimum Gasteiger partial charge on any atom is -0.480 e. The molecule has 5 nitrogen and oxygen atoms in total. The smallest absolute Gasteiger partial charge is 0.329 e. The van der Waals surface area contributed by atoms with E-state index >= 15 is 0 Å². The van der Waals surface area contributed by atoms with Gasteiger partial charge in [-0.1, -0.05) is 19.3 Å². The van der Waals surface area contributed by atoms with Crippen molar-refractivity contribution in [3.05, 3.63) is 35.4 Å². The summed E-state index contributed by atoms with van der Waals surface area (Å²) in [5.41, 5.74) is -0.314. The highest BCUT2D eigenvalue weighted by Gasteiger charge is 2.41. The Morgan fingerprint density at radius 2 is 1.75 bits per heavy atom. The Morgan fingerprint density at radius 3 is 2.25 bits per heavy atom. The van der Waals surface area contributed by atoms with E-state index in [-0.39, 0.29) is 0 Å². The summed E-state index contributed by atoms with van der Waals surface area (Å²) < 4.78 is 0. The fourth-order valence-corrected chi connectivity index (χ4v) is 2.53. The van der Waals surface area contributed by atoms with E-state index in [1.165, 1.54) is 12.1 Å². The van der Waals surface area contributed by atoms with Crippen LogP contribution in [0.2, 0.25) is 0 Å². The fourth-order valence-electron chi connectivity index (χ4n) is 2.53. The highest BCUT2D eigenvalue weighted by atomic mass is 16.4. The van der Waals surface area contributed by atoms with Crippen molar-refractivity contribution < 1.29 is 14.7 Å². The van der Waals surface area contributed by atoms with Gasteiger partial charge in [0.1, 0.15) is 5.54 Å². The van der Waals surface area contributed by atoms with Crippen LogP contribution in [-0.2, 0) is 4.79 Å². The van der Waals surface area contributed by atoms with Gasteiger partial charge in [-0.05, 0) is 37.1 Å². The highest BCUT2D eigenvalue weighted by molar-refractivity contribution is 5.98. The molecule has 1 aliphatic carbocycles. The molecule has 5 heteroatoms. The molecule has 104 valence electrons. The van der Waals surface area contributed by atoms with Gasteiger partial charge >= 0.3 is 5.97 Å². The molecule has 0 radical (unpaired) electrons. The van der Waals surface area contributed by atoms with Gasteiger partial charge in [-0.3, -0.25) is 4.79 Å². The molecule has 0 bridgehead atoms. The third-order valence-electron chi connectivity index (χ3n) is 3.75. The Labute approximate surface area is 117 Å². The first kappa shape index (κ1) is 14.1. The Hall–Kier alpha value is -2.35. The average molecular weight is 272 g/mol. The summed E-state index contributed by atoms with van der Waals surface area (Å²) in [7, 11) is 0. The molecule has 0 aliphatic heterocycles. The van der Waals surface area contributed by atoms with E-state index in [2.05, 4.69) is 5.32 Å². The first-order valence-corrected chi connectivity index (χ1v) is 6.63. The van der Waals surface area contributed by atoms with Gasteiger partial charge in [-0.15, -0.1) is 0 Å². The molecule has 0 aromatic heterocycles. The van der Waals surface area contributed by atoms with Gasteiger partial charge in [0, 0.05) is 5.56 Å². The number of nitrogens with one attached hydrogen (secondary N) is 1. The zero-order chi connectivity index (χ0) is 14.6. The van der Waals surface area contributed by atoms with Crippen molar-refractivity contribution in [3.8, 4) is 6.07 Å². The summed E-state index contributed by atoms with van der Waals surface area (Å²) in [5, 5.41) is 20.8. The van der Waals surface area contributed by atoms with Crippen molar-refractivity contribution >= 4 is 11.9 Å². The standard InChI is InChI=1S/C15H16N2O3/c16-10-11-4-6-12(7-5-11)13(18)17-15(14(19)20)8-2-1-3-9-15/h4-7H,1-3,8-9H2,(H,17,18)(H,19,20). The molecular weight excluding hydrogens is 256 g/mol. The third kappa shape index (κ3) is 2.80. The topological polar surface area (TPSA) is 90.2 Å². The van der Waals surface area contributed by atoms with Gasteiger partial charge in [0.15, 0.2) is 0 Å². The highest BCUT2D eigenvalue weighted by Crippen LogP contribution is 2.28. The number of carboxylic acid groups (broad SMARTS) is 1. The van der Waals surface area contributed by atoms with Gasteiger partial charge in [0.2, 0.25) is 0 Å². The van der Waals surface area contributed by atoms with Crippen molar-refractivity contribution in [2.24, 2.45) is 0 Å². The molecule has 2 rings (SSSR count). The maximum Gasteiger partial charge on any atom is 0.329 e. The first-order valence-electron chi connectivity index (χ1n) is 6.63. The quantitative estimate of drug-likeness (QED) is 0.881. The van der Waals surface area contributed by atoms with Crippen LogP contribution in [0.5, 0.6) is 0 Å². The van der Waals surface area contributed by atoms with Gasteiger partial charge in [0.05, 0.1) is 11.6 Å². The predicted molar refractivity (Wildman–Crippen MR) is 72.1 cm³/mol. The zero-order valence-electron chi connectivity index (χ0n) is 11.1. The molecule has 1 fully saturated rings. The summed E-state index contributed by atoms with van der Waals surface area (Å²) >= 11 is 0. The summed E-state index contributed by atoms with van der Waals surface area (Å²) in [6.07, 6.45) is 3.54. The minimum absolute atomic E-state index is 0.371. The lowest BCUT2D eigenvalue weighted by Crippen LogP contribution is -2.55. The van der Waals surface area contributed by atoms with E-state index in [0.29, 0.717) is 24.0 Å². The molecule has 0 spiro atoms. The lowest BCUT2D eigenvalue weighted by atomic mass is 9.81. The molecule has 1 aromatic carbocycles. The Bertz CT molecular complexity index is 551. The van der Waals surface area contributed by atoms with E-state index < -0.39 is 17.4 Å². The largest absolute Gasteiger partial charge is 0.480 e. The molecule has 0 atom stereocenters. The van der Waals surface area contributed by atoms with Crippen LogP contribution in [0.4, 0.5) is 0 Å². The Balaban J connectivity index is 2.16. The normalized spacial score (nSPS) is 16.9. The van der Waals surface area contributed by atoms with Crippen molar-refractivity contribution in [1.82, 2.24) is 5.32 Å². The SMILES string of the molecule is N#Cc1ccc(C(=O)NC2(C(=O)O)CCCCC2)cc1. The van der Waals surface area contributed by atoms with Gasteiger partial charge in [0.25, 0.3) is 5.91 Å². The molecule has 1 saturated carbocycles. The van der Waals surface area contributed by atoms with Crippen LogP contribution in [-0.4, -0.2) is 22.5 Å². The minimum atomic E-state index is -1.15. The Kier molecular flexibility index (Phi) is 4.04. The van der Waals surface area contributed by atoms with Crippen molar-refractivity contribution in [2.75, 3.05) is 0 Å². The molecule has 1 aliphatic rings. The van der Waals surface area contributed by atoms with Crippen molar-refractivity contribution in [2.45, 2.75) is 37.6 Å². The number of amides is 1. The summed E-state index contributed by atoms with van der Waals surface area (Å²) in [6.45, 7) is 0. The van der Waals surface area contributed by atoms with Crippen LogP contribution in [0.25, 0.3) is 0 Å². The molecule has 20 heavy (non-hydrogen) atoms. The number of hydrogen-bond donors (Lipinski definition) is 2. The second-order valence-electron chi connectivity index (χ2n) is 5.09. The maximum absolute atomic E-state index is 12.2. The predicted octanol–water partition coefficient (Wildman–Crippen LogP) is 2.08. The number of carboxylic acids is 1. The van der Waals surface area contributed by atoms with Crippen LogP contribution in [0.15, 0.2) is 24.3 Å². The lowest BCUT2D eigenvalue weighted by molar-refractivity contribution is -0.145. The number of nitrogens with zero attached hydrogens (tertiary/aromatic N) is 1. The fraction of sp³-hybridized carbons (Fsp3) is 0.400. The second kappa shape index (κ2) is 5.74. The molecule has 0 heterocycles. The number of hydrogen-bond acceptors (Lipinski definition) is 3. The van der Waals surface area contributed by atoms with E-state index in [4.69, 9.17) is 5.26 Å². The summed E-state index contributed by atoms with van der Waals surface area (Å²) in [6, 6.07) is 8.13. The van der Waals surface area contributed by atoms with Crippen LogP contribution in [0, 0.1) is 11.3 Å². The molecule has 2 N–H and O–H groups in total. The molecule has 1 amide bonds. The monoisotopic (exact) mass is 272 g/mol. The molecular formula is C15H16N2O3. The van der Waals surface area contributed by atoms with Crippen molar-refractivity contribution in [3.63, 3.8) is 0 Å². The number of nitriles is 1. The number of carbonyl (C=O) groups excluding carboxylic acids is 1.